The number of hydrogen-bond acceptors (Lipinski definition) is 5. The molecule has 2 rings (SSSR count). The number of fused-ring (bicyclic) bond motifs is 1. The number of dihydropyridines is 1. The molecular formula is C27H37N3O3. The van der Waals surface area contributed by atoms with Gasteiger partial charge in [-0.1, -0.05) is 96.7 Å². The van der Waals surface area contributed by atoms with E-state index in [4.69, 9.17) is 0 Å². The molecule has 1 unspecified atom stereocenters. The van der Waals surface area contributed by atoms with Crippen LogP contribution in [0.2, 0.25) is 0 Å². The van der Waals surface area contributed by atoms with E-state index in [1.807, 2.05) is 45.9 Å². The number of aliphatic hydroxyl groups is 1. The van der Waals surface area contributed by atoms with E-state index in [0.717, 1.165) is 11.1 Å². The molecule has 1 aliphatic carbocycles. The summed E-state index contributed by atoms with van der Waals surface area (Å²) in [5.74, 6) is -0.312. The number of carbonyl (C=O) groups is 1. The normalized spacial score (nSPS) is 22.2. The fourth-order valence-corrected chi connectivity index (χ4v) is 3.58. The third kappa shape index (κ3) is 6.50. The van der Waals surface area contributed by atoms with Crippen LogP contribution in [0.3, 0.4) is 0 Å². The van der Waals surface area contributed by atoms with Crippen LogP contribution in [0.25, 0.3) is 0 Å². The van der Waals surface area contributed by atoms with Crippen LogP contribution in [0.1, 0.15) is 48.5 Å². The molecule has 0 aromatic rings. The van der Waals surface area contributed by atoms with Crippen molar-refractivity contribution < 1.29 is 9.90 Å². The third-order valence-corrected chi connectivity index (χ3v) is 5.93. The molecule has 3 atom stereocenters. The summed E-state index contributed by atoms with van der Waals surface area (Å²) >= 11 is 0. The molecule has 2 N–H and O–H groups in total. The van der Waals surface area contributed by atoms with Crippen LogP contribution < -0.4 is 5.32 Å². The Bertz CT molecular complexity index is 979. The first-order valence-corrected chi connectivity index (χ1v) is 11.3. The van der Waals surface area contributed by atoms with Crippen LogP contribution in [0.4, 0.5) is 0 Å². The van der Waals surface area contributed by atoms with Gasteiger partial charge in [0, 0.05) is 24.3 Å². The molecule has 0 fully saturated rings. The molecule has 6 nitrogen and oxygen atoms in total. The highest BCUT2D eigenvalue weighted by molar-refractivity contribution is 6.13. The average molecular weight is 452 g/mol. The molecule has 1 aliphatic heterocycles. The highest BCUT2D eigenvalue weighted by Gasteiger charge is 2.30. The summed E-state index contributed by atoms with van der Waals surface area (Å²) in [7, 11) is 0. The molecular weight excluding hydrogens is 414 g/mol. The van der Waals surface area contributed by atoms with Crippen LogP contribution in [-0.4, -0.2) is 35.9 Å². The molecule has 6 heteroatoms. The molecule has 178 valence electrons. The second-order valence-electron chi connectivity index (χ2n) is 10.7. The molecule has 0 aromatic carbocycles. The largest absolute Gasteiger partial charge is 0.507 e. The SMILES string of the molecule is C=C(/C=C(\[C@@H](/C=C/CNC(=O)C1=C(O)C2=CC=C[C@H](C)C2N=C1)N=O)C(C)(C)C)C(C)(C)C. The van der Waals surface area contributed by atoms with E-state index in [1.54, 1.807) is 18.2 Å². The van der Waals surface area contributed by atoms with Gasteiger partial charge in [-0.05, 0) is 22.0 Å². The number of nitrogens with one attached hydrogen (secondary N) is 1. The third-order valence-electron chi connectivity index (χ3n) is 5.93. The van der Waals surface area contributed by atoms with E-state index in [0.29, 0.717) is 5.57 Å². The Morgan fingerprint density at radius 3 is 2.52 bits per heavy atom. The zero-order chi connectivity index (χ0) is 25.0. The van der Waals surface area contributed by atoms with Crippen LogP contribution in [0.15, 0.2) is 81.3 Å². The number of carbonyl (C=O) groups excluding carboxylic acids is 1. The molecule has 0 bridgehead atoms. The highest BCUT2D eigenvalue weighted by Crippen LogP contribution is 2.35. The predicted molar refractivity (Wildman–Crippen MR) is 136 cm³/mol. The molecule has 2 aliphatic rings. The molecule has 0 saturated carbocycles. The van der Waals surface area contributed by atoms with Crippen molar-refractivity contribution in [1.82, 2.24) is 5.32 Å². The molecule has 0 aromatic heterocycles. The summed E-state index contributed by atoms with van der Waals surface area (Å²) in [4.78, 5) is 28.7. The number of hydrogen-bond donors (Lipinski definition) is 2. The van der Waals surface area contributed by atoms with Crippen molar-refractivity contribution in [2.45, 2.75) is 60.5 Å². The van der Waals surface area contributed by atoms with Crippen molar-refractivity contribution in [3.8, 4) is 0 Å². The van der Waals surface area contributed by atoms with Crippen molar-refractivity contribution in [3.63, 3.8) is 0 Å². The Labute approximate surface area is 197 Å². The van der Waals surface area contributed by atoms with Crippen LogP contribution >= 0.6 is 0 Å². The van der Waals surface area contributed by atoms with E-state index in [9.17, 15) is 14.8 Å². The molecule has 0 saturated heterocycles. The van der Waals surface area contributed by atoms with Gasteiger partial charge in [-0.2, -0.15) is 0 Å². The summed E-state index contributed by atoms with van der Waals surface area (Å²) in [5.41, 5.74) is 2.15. The van der Waals surface area contributed by atoms with Gasteiger partial charge in [0.15, 0.2) is 0 Å². The van der Waals surface area contributed by atoms with E-state index in [1.165, 1.54) is 6.21 Å². The fourth-order valence-electron chi connectivity index (χ4n) is 3.58. The van der Waals surface area contributed by atoms with Crippen LogP contribution in [-0.2, 0) is 4.79 Å². The fraction of sp³-hybridized carbons (Fsp3) is 0.481. The Morgan fingerprint density at radius 1 is 1.27 bits per heavy atom. The summed E-state index contributed by atoms with van der Waals surface area (Å²) in [6, 6.07) is -0.845. The smallest absolute Gasteiger partial charge is 0.256 e. The monoisotopic (exact) mass is 451 g/mol. The van der Waals surface area contributed by atoms with Crippen molar-refractivity contribution in [1.29, 1.82) is 0 Å². The second-order valence-corrected chi connectivity index (χ2v) is 10.7. The average Bonchev–Trinajstić information content (AvgIpc) is 2.71. The quantitative estimate of drug-likeness (QED) is 0.293. The first-order chi connectivity index (χ1) is 15.3. The first kappa shape index (κ1) is 26.2. The molecule has 1 amide bonds. The lowest BCUT2D eigenvalue weighted by molar-refractivity contribution is -0.116. The van der Waals surface area contributed by atoms with E-state index >= 15 is 0 Å². The Balaban J connectivity index is 2.11. The van der Waals surface area contributed by atoms with Crippen molar-refractivity contribution in [3.05, 3.63) is 76.0 Å². The highest BCUT2D eigenvalue weighted by atomic mass is 16.3. The maximum atomic E-state index is 12.6. The lowest BCUT2D eigenvalue weighted by atomic mass is 9.78. The van der Waals surface area contributed by atoms with Gasteiger partial charge < -0.3 is 10.4 Å². The van der Waals surface area contributed by atoms with Gasteiger partial charge in [0.1, 0.15) is 11.8 Å². The lowest BCUT2D eigenvalue weighted by Crippen LogP contribution is -2.32. The van der Waals surface area contributed by atoms with Crippen LogP contribution in [0.5, 0.6) is 0 Å². The molecule has 1 heterocycles. The van der Waals surface area contributed by atoms with Gasteiger partial charge in [0.25, 0.3) is 5.91 Å². The first-order valence-electron chi connectivity index (χ1n) is 11.3. The number of nitroso groups, excluding NO2 is 1. The Hall–Kier alpha value is -3.02. The Morgan fingerprint density at radius 2 is 1.94 bits per heavy atom. The minimum atomic E-state index is -0.675. The van der Waals surface area contributed by atoms with Gasteiger partial charge in [-0.15, -0.1) is 4.91 Å². The standard InChI is InChI=1S/C27H37N3O3/c1-17-11-9-12-19-23(17)29-16-20(24(19)31)25(32)28-14-10-13-22(30-33)21(27(6,7)8)15-18(2)26(3,4)5/h9-13,15-17,22-23,31H,2,14H2,1,3-8H3,(H,28,32)/b13-10+,21-15+/t17-,22+,23?/m0/s1. The topological polar surface area (TPSA) is 91.1 Å². The minimum absolute atomic E-state index is 0.0428. The van der Waals surface area contributed by atoms with Crippen molar-refractivity contribution in [2.24, 2.45) is 26.9 Å². The molecule has 0 spiro atoms. The number of rotatable bonds is 7. The molecule has 33 heavy (non-hydrogen) atoms. The van der Waals surface area contributed by atoms with E-state index < -0.39 is 11.9 Å². The lowest BCUT2D eigenvalue weighted by Gasteiger charge is -2.28. The number of nitrogens with zero attached hydrogens (tertiary/aromatic N) is 2. The summed E-state index contributed by atoms with van der Waals surface area (Å²) in [6.07, 6.45) is 12.5. The minimum Gasteiger partial charge on any atom is -0.507 e. The van der Waals surface area contributed by atoms with Gasteiger partial charge in [-0.3, -0.25) is 9.79 Å². The number of aliphatic hydroxyl groups excluding tert-OH is 1. The number of amides is 1. The van der Waals surface area contributed by atoms with Crippen molar-refractivity contribution in [2.75, 3.05) is 6.54 Å². The van der Waals surface area contributed by atoms with E-state index in [2.05, 4.69) is 42.8 Å². The van der Waals surface area contributed by atoms with Gasteiger partial charge in [-0.25, -0.2) is 0 Å². The maximum Gasteiger partial charge on any atom is 0.256 e. The molecule has 0 radical (unpaired) electrons. The zero-order valence-corrected chi connectivity index (χ0v) is 20.8. The van der Waals surface area contributed by atoms with Crippen molar-refractivity contribution >= 4 is 12.1 Å². The van der Waals surface area contributed by atoms with Gasteiger partial charge in [0.2, 0.25) is 0 Å². The van der Waals surface area contributed by atoms with E-state index in [-0.39, 0.29) is 40.7 Å². The Kier molecular flexibility index (Phi) is 8.17. The second kappa shape index (κ2) is 10.3. The van der Waals surface area contributed by atoms with Gasteiger partial charge in [0.05, 0.1) is 11.6 Å². The zero-order valence-electron chi connectivity index (χ0n) is 20.8. The maximum absolute atomic E-state index is 12.6. The van der Waals surface area contributed by atoms with Gasteiger partial charge >= 0.3 is 0 Å². The van der Waals surface area contributed by atoms with Crippen LogP contribution in [0, 0.1) is 21.7 Å². The predicted octanol–water partition coefficient (Wildman–Crippen LogP) is 5.77. The number of allylic oxidation sites excluding steroid dienone is 4. The summed E-state index contributed by atoms with van der Waals surface area (Å²) in [5, 5.41) is 16.7. The number of aliphatic imine (C=N–C) groups is 1. The summed E-state index contributed by atoms with van der Waals surface area (Å²) in [6.45, 7) is 18.7. The summed E-state index contributed by atoms with van der Waals surface area (Å²) < 4.78 is 0.